The van der Waals surface area contributed by atoms with Crippen LogP contribution in [0.2, 0.25) is 0 Å². The summed E-state index contributed by atoms with van der Waals surface area (Å²) in [5.74, 6) is 0.0498. The van der Waals surface area contributed by atoms with Crippen molar-refractivity contribution in [3.63, 3.8) is 0 Å². The molecule has 0 saturated heterocycles. The van der Waals surface area contributed by atoms with Gasteiger partial charge >= 0.3 is 0 Å². The van der Waals surface area contributed by atoms with Crippen LogP contribution in [0.1, 0.15) is 29.7 Å². The molecule has 1 aromatic heterocycles. The minimum absolute atomic E-state index is 0.0144. The normalized spacial score (nSPS) is 18.6. The molecular formula is C17H19N3O. The summed E-state index contributed by atoms with van der Waals surface area (Å²) in [6, 6.07) is 11.9. The van der Waals surface area contributed by atoms with Crippen molar-refractivity contribution in [3.05, 3.63) is 65.5 Å². The fourth-order valence-corrected chi connectivity index (χ4v) is 2.69. The monoisotopic (exact) mass is 281 g/mol. The summed E-state index contributed by atoms with van der Waals surface area (Å²) >= 11 is 0. The minimum atomic E-state index is -0.163. The van der Waals surface area contributed by atoms with E-state index in [0.29, 0.717) is 0 Å². The average molecular weight is 281 g/mol. The summed E-state index contributed by atoms with van der Waals surface area (Å²) in [6.45, 7) is 2.74. The van der Waals surface area contributed by atoms with E-state index in [9.17, 15) is 4.79 Å². The third-order valence-corrected chi connectivity index (χ3v) is 3.96. The molecule has 1 aliphatic heterocycles. The van der Waals surface area contributed by atoms with Gasteiger partial charge in [-0.05, 0) is 42.2 Å². The van der Waals surface area contributed by atoms with Crippen LogP contribution < -0.4 is 10.6 Å². The van der Waals surface area contributed by atoms with Crippen molar-refractivity contribution in [2.24, 2.45) is 0 Å². The van der Waals surface area contributed by atoms with Crippen LogP contribution in [-0.4, -0.2) is 16.9 Å². The zero-order chi connectivity index (χ0) is 14.7. The maximum atomic E-state index is 12.4. The molecule has 1 aromatic carbocycles. The number of nitrogens with one attached hydrogen (secondary N) is 2. The van der Waals surface area contributed by atoms with Crippen LogP contribution in [0.3, 0.4) is 0 Å². The number of carbonyl (C=O) groups is 1. The van der Waals surface area contributed by atoms with Crippen LogP contribution in [0.4, 0.5) is 0 Å². The highest BCUT2D eigenvalue weighted by molar-refractivity contribution is 5.82. The van der Waals surface area contributed by atoms with Crippen molar-refractivity contribution in [1.82, 2.24) is 15.6 Å². The molecule has 4 heteroatoms. The standard InChI is InChI=1S/C17H19N3O/c1-12(13-6-8-18-9-7-13)20-17(21)16-10-14-4-2-3-5-15(14)11-19-16/h2-9,12,16,19H,10-11H2,1H3,(H,20,21)/t12-,16?/m0/s1. The van der Waals surface area contributed by atoms with Gasteiger partial charge in [0.25, 0.3) is 0 Å². The summed E-state index contributed by atoms with van der Waals surface area (Å²) in [6.07, 6.45) is 4.23. The number of nitrogens with zero attached hydrogens (tertiary/aromatic N) is 1. The highest BCUT2D eigenvalue weighted by atomic mass is 16.2. The Kier molecular flexibility index (Phi) is 3.97. The fourth-order valence-electron chi connectivity index (χ4n) is 2.69. The lowest BCUT2D eigenvalue weighted by Gasteiger charge is -2.26. The van der Waals surface area contributed by atoms with E-state index >= 15 is 0 Å². The maximum Gasteiger partial charge on any atom is 0.237 e. The second-order valence-corrected chi connectivity index (χ2v) is 5.42. The number of pyridine rings is 1. The lowest BCUT2D eigenvalue weighted by Crippen LogP contribution is -2.48. The summed E-state index contributed by atoms with van der Waals surface area (Å²) in [7, 11) is 0. The first-order valence-electron chi connectivity index (χ1n) is 7.24. The largest absolute Gasteiger partial charge is 0.348 e. The second-order valence-electron chi connectivity index (χ2n) is 5.42. The average Bonchev–Trinajstić information content (AvgIpc) is 2.55. The smallest absolute Gasteiger partial charge is 0.237 e. The number of hydrogen-bond donors (Lipinski definition) is 2. The zero-order valence-electron chi connectivity index (χ0n) is 12.0. The molecule has 108 valence electrons. The highest BCUT2D eigenvalue weighted by Crippen LogP contribution is 2.17. The Morgan fingerprint density at radius 1 is 1.24 bits per heavy atom. The van der Waals surface area contributed by atoms with Gasteiger partial charge in [0.05, 0.1) is 12.1 Å². The maximum absolute atomic E-state index is 12.4. The lowest BCUT2D eigenvalue weighted by molar-refractivity contribution is -0.124. The number of amides is 1. The number of fused-ring (bicyclic) bond motifs is 1. The SMILES string of the molecule is C[C@H](NC(=O)C1Cc2ccccc2CN1)c1ccncc1. The topological polar surface area (TPSA) is 54.0 Å². The molecule has 4 nitrogen and oxygen atoms in total. The van der Waals surface area contributed by atoms with E-state index in [2.05, 4.69) is 27.8 Å². The van der Waals surface area contributed by atoms with Crippen LogP contribution in [0.15, 0.2) is 48.8 Å². The predicted molar refractivity (Wildman–Crippen MR) is 81.6 cm³/mol. The van der Waals surface area contributed by atoms with Gasteiger partial charge < -0.3 is 10.6 Å². The van der Waals surface area contributed by atoms with E-state index in [1.165, 1.54) is 11.1 Å². The van der Waals surface area contributed by atoms with Crippen molar-refractivity contribution in [2.75, 3.05) is 0 Å². The lowest BCUT2D eigenvalue weighted by atomic mass is 9.95. The van der Waals surface area contributed by atoms with Crippen LogP contribution in [0, 0.1) is 0 Å². The molecule has 1 amide bonds. The van der Waals surface area contributed by atoms with Crippen LogP contribution in [0.25, 0.3) is 0 Å². The van der Waals surface area contributed by atoms with Gasteiger partial charge in [0.1, 0.15) is 0 Å². The van der Waals surface area contributed by atoms with Crippen molar-refractivity contribution >= 4 is 5.91 Å². The van der Waals surface area contributed by atoms with E-state index in [-0.39, 0.29) is 18.0 Å². The van der Waals surface area contributed by atoms with Gasteiger partial charge in [0, 0.05) is 18.9 Å². The number of benzene rings is 1. The summed E-state index contributed by atoms with van der Waals surface area (Å²) in [5.41, 5.74) is 3.60. The van der Waals surface area contributed by atoms with Crippen LogP contribution in [0.5, 0.6) is 0 Å². The van der Waals surface area contributed by atoms with E-state index in [0.717, 1.165) is 18.5 Å². The molecule has 2 N–H and O–H groups in total. The number of aromatic nitrogens is 1. The van der Waals surface area contributed by atoms with Gasteiger partial charge in [-0.1, -0.05) is 24.3 Å². The molecule has 2 heterocycles. The molecule has 0 radical (unpaired) electrons. The molecule has 0 spiro atoms. The number of rotatable bonds is 3. The summed E-state index contributed by atoms with van der Waals surface area (Å²) < 4.78 is 0. The Hall–Kier alpha value is -2.20. The quantitative estimate of drug-likeness (QED) is 0.904. The third kappa shape index (κ3) is 3.11. The van der Waals surface area contributed by atoms with Crippen molar-refractivity contribution in [3.8, 4) is 0 Å². The first kappa shape index (κ1) is 13.8. The Labute approximate surface area is 124 Å². The van der Waals surface area contributed by atoms with Gasteiger partial charge in [-0.15, -0.1) is 0 Å². The summed E-state index contributed by atoms with van der Waals surface area (Å²) in [5, 5.41) is 6.37. The predicted octanol–water partition coefficient (Wildman–Crippen LogP) is 1.97. The third-order valence-electron chi connectivity index (χ3n) is 3.96. The van der Waals surface area contributed by atoms with Gasteiger partial charge in [-0.3, -0.25) is 9.78 Å². The zero-order valence-corrected chi connectivity index (χ0v) is 12.0. The Morgan fingerprint density at radius 3 is 2.71 bits per heavy atom. The Morgan fingerprint density at radius 2 is 1.95 bits per heavy atom. The Bertz CT molecular complexity index is 627. The summed E-state index contributed by atoms with van der Waals surface area (Å²) in [4.78, 5) is 16.4. The van der Waals surface area contributed by atoms with Gasteiger partial charge in [0.15, 0.2) is 0 Å². The van der Waals surface area contributed by atoms with Crippen molar-refractivity contribution in [2.45, 2.75) is 32.0 Å². The molecule has 21 heavy (non-hydrogen) atoms. The van der Waals surface area contributed by atoms with Crippen molar-refractivity contribution < 1.29 is 4.79 Å². The molecule has 2 aromatic rings. The fraction of sp³-hybridized carbons (Fsp3) is 0.294. The molecule has 0 saturated carbocycles. The first-order valence-corrected chi connectivity index (χ1v) is 7.24. The van der Waals surface area contributed by atoms with Gasteiger partial charge in [-0.2, -0.15) is 0 Å². The molecule has 0 bridgehead atoms. The molecule has 0 fully saturated rings. The Balaban J connectivity index is 1.65. The molecule has 0 aliphatic carbocycles. The highest BCUT2D eigenvalue weighted by Gasteiger charge is 2.24. The molecule has 2 atom stereocenters. The minimum Gasteiger partial charge on any atom is -0.348 e. The second kappa shape index (κ2) is 6.06. The first-order chi connectivity index (χ1) is 10.2. The van der Waals surface area contributed by atoms with E-state index in [1.54, 1.807) is 12.4 Å². The molecule has 1 unspecified atom stereocenters. The van der Waals surface area contributed by atoms with Crippen molar-refractivity contribution in [1.29, 1.82) is 0 Å². The van der Waals surface area contributed by atoms with Gasteiger partial charge in [-0.25, -0.2) is 0 Å². The number of carbonyl (C=O) groups excluding carboxylic acids is 1. The van der Waals surface area contributed by atoms with Gasteiger partial charge in [0.2, 0.25) is 5.91 Å². The number of hydrogen-bond acceptors (Lipinski definition) is 3. The van der Waals surface area contributed by atoms with Crippen LogP contribution >= 0.6 is 0 Å². The van der Waals surface area contributed by atoms with Crippen LogP contribution in [-0.2, 0) is 17.8 Å². The molecular weight excluding hydrogens is 262 g/mol. The van der Waals surface area contributed by atoms with E-state index < -0.39 is 0 Å². The van der Waals surface area contributed by atoms with E-state index in [1.807, 2.05) is 31.2 Å². The molecule has 1 aliphatic rings. The molecule has 3 rings (SSSR count). The van der Waals surface area contributed by atoms with E-state index in [4.69, 9.17) is 0 Å².